The molecule has 0 spiro atoms. The van der Waals surface area contributed by atoms with Crippen molar-refractivity contribution in [3.63, 3.8) is 0 Å². The zero-order chi connectivity index (χ0) is 20.9. The summed E-state index contributed by atoms with van der Waals surface area (Å²) < 4.78 is 9.99. The van der Waals surface area contributed by atoms with Crippen molar-refractivity contribution in [3.8, 4) is 17.0 Å². The summed E-state index contributed by atoms with van der Waals surface area (Å²) >= 11 is 0. The summed E-state index contributed by atoms with van der Waals surface area (Å²) in [6.07, 6.45) is 0. The van der Waals surface area contributed by atoms with Crippen molar-refractivity contribution in [2.45, 2.75) is 6.92 Å². The number of hydrogen-bond donors (Lipinski definition) is 1. The molecule has 0 aliphatic rings. The molecule has 0 radical (unpaired) electrons. The smallest absolute Gasteiger partial charge is 0.343 e. The summed E-state index contributed by atoms with van der Waals surface area (Å²) in [6, 6.07) is 23.6. The lowest BCUT2D eigenvalue weighted by molar-refractivity contribution is -0.142. The van der Waals surface area contributed by atoms with Crippen LogP contribution >= 0.6 is 0 Å². The van der Waals surface area contributed by atoms with Crippen molar-refractivity contribution in [2.75, 3.05) is 19.0 Å². The second-order valence-electron chi connectivity index (χ2n) is 6.82. The van der Waals surface area contributed by atoms with E-state index in [1.54, 1.807) is 12.1 Å². The highest BCUT2D eigenvalue weighted by atomic mass is 16.6. The maximum absolute atomic E-state index is 11.2. The predicted molar refractivity (Wildman–Crippen MR) is 117 cm³/mol. The number of carbonyl (C=O) groups excluding carboxylic acids is 1. The third-order valence-corrected chi connectivity index (χ3v) is 4.71. The Bertz CT molecular complexity index is 1170. The Morgan fingerprint density at radius 1 is 0.900 bits per heavy atom. The van der Waals surface area contributed by atoms with Crippen molar-refractivity contribution >= 4 is 28.2 Å². The SMILES string of the molecule is COC(=O)COc1ccc(-c2nnc(Nc3ccc(C)cc3)c3ccccc23)cc1. The van der Waals surface area contributed by atoms with Crippen molar-refractivity contribution in [1.82, 2.24) is 10.2 Å². The van der Waals surface area contributed by atoms with Gasteiger partial charge in [0.05, 0.1) is 7.11 Å². The number of nitrogens with one attached hydrogen (secondary N) is 1. The average molecular weight is 399 g/mol. The molecule has 0 atom stereocenters. The Morgan fingerprint density at radius 3 is 2.30 bits per heavy atom. The average Bonchev–Trinajstić information content (AvgIpc) is 2.79. The molecule has 30 heavy (non-hydrogen) atoms. The minimum Gasteiger partial charge on any atom is -0.482 e. The number of anilines is 2. The highest BCUT2D eigenvalue weighted by molar-refractivity contribution is 6.00. The van der Waals surface area contributed by atoms with Gasteiger partial charge in [0.2, 0.25) is 0 Å². The molecule has 0 unspecified atom stereocenters. The van der Waals surface area contributed by atoms with Crippen molar-refractivity contribution in [1.29, 1.82) is 0 Å². The molecule has 3 aromatic carbocycles. The fourth-order valence-electron chi connectivity index (χ4n) is 3.09. The Hall–Kier alpha value is -3.93. The van der Waals surface area contributed by atoms with E-state index in [0.29, 0.717) is 11.6 Å². The van der Waals surface area contributed by atoms with Gasteiger partial charge in [-0.2, -0.15) is 0 Å². The number of nitrogens with zero attached hydrogens (tertiary/aromatic N) is 2. The number of aromatic nitrogens is 2. The van der Waals surface area contributed by atoms with Crippen LogP contribution in [-0.4, -0.2) is 29.9 Å². The molecular weight excluding hydrogens is 378 g/mol. The predicted octanol–water partition coefficient (Wildman–Crippen LogP) is 4.90. The highest BCUT2D eigenvalue weighted by Crippen LogP contribution is 2.31. The maximum Gasteiger partial charge on any atom is 0.343 e. The number of esters is 1. The van der Waals surface area contributed by atoms with Crippen LogP contribution in [0.1, 0.15) is 5.56 Å². The Kier molecular flexibility index (Phi) is 5.57. The van der Waals surface area contributed by atoms with E-state index in [0.717, 1.165) is 27.7 Å². The number of aryl methyl sites for hydroxylation is 1. The van der Waals surface area contributed by atoms with Gasteiger partial charge in [-0.15, -0.1) is 10.2 Å². The first-order chi connectivity index (χ1) is 14.6. The molecule has 0 amide bonds. The van der Waals surface area contributed by atoms with Gasteiger partial charge in [-0.3, -0.25) is 0 Å². The molecule has 0 aliphatic carbocycles. The van der Waals surface area contributed by atoms with Gasteiger partial charge in [-0.05, 0) is 43.3 Å². The molecule has 0 saturated carbocycles. The number of hydrogen-bond acceptors (Lipinski definition) is 6. The van der Waals surface area contributed by atoms with Gasteiger partial charge in [0.15, 0.2) is 12.4 Å². The number of benzene rings is 3. The second-order valence-corrected chi connectivity index (χ2v) is 6.82. The highest BCUT2D eigenvalue weighted by Gasteiger charge is 2.11. The summed E-state index contributed by atoms with van der Waals surface area (Å²) in [6.45, 7) is 1.93. The standard InChI is InChI=1S/C24H21N3O3/c1-16-7-11-18(12-8-16)25-24-21-6-4-3-5-20(21)23(26-27-24)17-9-13-19(14-10-17)30-15-22(28)29-2/h3-14H,15H2,1-2H3,(H,25,27). The first-order valence-electron chi connectivity index (χ1n) is 9.53. The molecule has 6 nitrogen and oxygen atoms in total. The lowest BCUT2D eigenvalue weighted by Crippen LogP contribution is -2.12. The van der Waals surface area contributed by atoms with Crippen LogP contribution in [0.2, 0.25) is 0 Å². The molecule has 0 saturated heterocycles. The van der Waals surface area contributed by atoms with Crippen LogP contribution in [0.5, 0.6) is 5.75 Å². The zero-order valence-electron chi connectivity index (χ0n) is 16.8. The molecule has 150 valence electrons. The van der Waals surface area contributed by atoms with Gasteiger partial charge in [-0.25, -0.2) is 4.79 Å². The molecule has 1 heterocycles. The Labute approximate surface area is 174 Å². The molecule has 4 rings (SSSR count). The third kappa shape index (κ3) is 4.22. The van der Waals surface area contributed by atoms with E-state index in [-0.39, 0.29) is 6.61 Å². The Balaban J connectivity index is 1.64. The van der Waals surface area contributed by atoms with E-state index in [9.17, 15) is 4.79 Å². The number of carbonyl (C=O) groups is 1. The van der Waals surface area contributed by atoms with Gasteiger partial charge in [0.1, 0.15) is 11.4 Å². The van der Waals surface area contributed by atoms with Crippen LogP contribution in [-0.2, 0) is 9.53 Å². The van der Waals surface area contributed by atoms with Crippen LogP contribution in [0.15, 0.2) is 72.8 Å². The van der Waals surface area contributed by atoms with Gasteiger partial charge < -0.3 is 14.8 Å². The number of fused-ring (bicyclic) bond motifs is 1. The van der Waals surface area contributed by atoms with E-state index >= 15 is 0 Å². The summed E-state index contributed by atoms with van der Waals surface area (Å²) in [5, 5.41) is 14.3. The van der Waals surface area contributed by atoms with Crippen LogP contribution in [0.4, 0.5) is 11.5 Å². The topological polar surface area (TPSA) is 73.3 Å². The van der Waals surface area contributed by atoms with Gasteiger partial charge >= 0.3 is 5.97 Å². The largest absolute Gasteiger partial charge is 0.482 e. The molecule has 6 heteroatoms. The van der Waals surface area contributed by atoms with Crippen LogP contribution in [0.3, 0.4) is 0 Å². The lowest BCUT2D eigenvalue weighted by atomic mass is 10.0. The Morgan fingerprint density at radius 2 is 1.60 bits per heavy atom. The lowest BCUT2D eigenvalue weighted by Gasteiger charge is -2.12. The van der Waals surface area contributed by atoms with E-state index in [1.165, 1.54) is 12.7 Å². The van der Waals surface area contributed by atoms with E-state index in [2.05, 4.69) is 39.3 Å². The van der Waals surface area contributed by atoms with Crippen LogP contribution in [0, 0.1) is 6.92 Å². The fourth-order valence-corrected chi connectivity index (χ4v) is 3.09. The van der Waals surface area contributed by atoms with E-state index in [4.69, 9.17) is 4.74 Å². The molecule has 0 fully saturated rings. The summed E-state index contributed by atoms with van der Waals surface area (Å²) in [7, 11) is 1.33. The van der Waals surface area contributed by atoms with E-state index < -0.39 is 5.97 Å². The quantitative estimate of drug-likeness (QED) is 0.465. The fraction of sp³-hybridized carbons (Fsp3) is 0.125. The third-order valence-electron chi connectivity index (χ3n) is 4.71. The molecule has 1 aromatic heterocycles. The van der Waals surface area contributed by atoms with Gasteiger partial charge in [0.25, 0.3) is 0 Å². The number of rotatable bonds is 6. The van der Waals surface area contributed by atoms with Gasteiger partial charge in [-0.1, -0.05) is 42.0 Å². The first-order valence-corrected chi connectivity index (χ1v) is 9.53. The first kappa shape index (κ1) is 19.4. The van der Waals surface area contributed by atoms with Crippen molar-refractivity contribution in [3.05, 3.63) is 78.4 Å². The van der Waals surface area contributed by atoms with Crippen LogP contribution < -0.4 is 10.1 Å². The summed E-state index contributed by atoms with van der Waals surface area (Å²) in [4.78, 5) is 11.2. The monoisotopic (exact) mass is 399 g/mol. The molecule has 0 aliphatic heterocycles. The van der Waals surface area contributed by atoms with Crippen molar-refractivity contribution < 1.29 is 14.3 Å². The maximum atomic E-state index is 11.2. The number of methoxy groups -OCH3 is 1. The van der Waals surface area contributed by atoms with Crippen LogP contribution in [0.25, 0.3) is 22.0 Å². The minimum absolute atomic E-state index is 0.127. The zero-order valence-corrected chi connectivity index (χ0v) is 16.8. The summed E-state index contributed by atoms with van der Waals surface area (Å²) in [5.41, 5.74) is 3.84. The van der Waals surface area contributed by atoms with Gasteiger partial charge in [0, 0.05) is 22.0 Å². The normalized spacial score (nSPS) is 10.6. The molecule has 1 N–H and O–H groups in total. The molecule has 0 bridgehead atoms. The minimum atomic E-state index is -0.424. The summed E-state index contributed by atoms with van der Waals surface area (Å²) in [5.74, 6) is 0.864. The van der Waals surface area contributed by atoms with Crippen molar-refractivity contribution in [2.24, 2.45) is 0 Å². The molecule has 4 aromatic rings. The van der Waals surface area contributed by atoms with E-state index in [1.807, 2.05) is 48.5 Å². The second kappa shape index (κ2) is 8.61. The molecular formula is C24H21N3O3. The number of ether oxygens (including phenoxy) is 2.